The molecular formula is C20H26N4O2. The van der Waals surface area contributed by atoms with Crippen LogP contribution in [0.2, 0.25) is 0 Å². The third-order valence-corrected chi connectivity index (χ3v) is 4.82. The van der Waals surface area contributed by atoms with Crippen LogP contribution >= 0.6 is 0 Å². The smallest absolute Gasteiger partial charge is 0.306 e. The molecule has 2 heterocycles. The van der Waals surface area contributed by atoms with E-state index in [0.29, 0.717) is 25.9 Å². The maximum Gasteiger partial charge on any atom is 0.306 e. The first-order valence-electron chi connectivity index (χ1n) is 9.01. The summed E-state index contributed by atoms with van der Waals surface area (Å²) in [6.45, 7) is 7.96. The molecule has 0 atom stereocenters. The monoisotopic (exact) mass is 354 g/mol. The van der Waals surface area contributed by atoms with Gasteiger partial charge in [0.1, 0.15) is 18.0 Å². The molecule has 0 saturated carbocycles. The number of anilines is 3. The number of nitrogens with one attached hydrogen (secondary N) is 1. The van der Waals surface area contributed by atoms with E-state index < -0.39 is 5.97 Å². The number of para-hydroxylation sites is 1. The molecule has 1 aliphatic heterocycles. The van der Waals surface area contributed by atoms with Crippen LogP contribution in [0.15, 0.2) is 36.7 Å². The predicted molar refractivity (Wildman–Crippen MR) is 103 cm³/mol. The van der Waals surface area contributed by atoms with Crippen LogP contribution in [-0.2, 0) is 10.2 Å². The summed E-state index contributed by atoms with van der Waals surface area (Å²) in [6.07, 6.45) is 2.85. The highest BCUT2D eigenvalue weighted by atomic mass is 16.4. The number of carboxylic acids is 1. The molecule has 1 aromatic carbocycles. The molecule has 0 aliphatic carbocycles. The summed E-state index contributed by atoms with van der Waals surface area (Å²) in [5.74, 6) is 0.629. The minimum absolute atomic E-state index is 0.0260. The Morgan fingerprint density at radius 1 is 1.19 bits per heavy atom. The van der Waals surface area contributed by atoms with E-state index in [1.807, 2.05) is 18.2 Å². The van der Waals surface area contributed by atoms with E-state index in [1.54, 1.807) is 6.33 Å². The normalized spacial score (nSPS) is 15.7. The van der Waals surface area contributed by atoms with Crippen molar-refractivity contribution in [3.63, 3.8) is 0 Å². The van der Waals surface area contributed by atoms with Gasteiger partial charge in [-0.25, -0.2) is 9.97 Å². The first-order valence-corrected chi connectivity index (χ1v) is 9.01. The summed E-state index contributed by atoms with van der Waals surface area (Å²) in [6, 6.07) is 10.2. The Bertz CT molecular complexity index is 777. The maximum absolute atomic E-state index is 11.1. The van der Waals surface area contributed by atoms with Gasteiger partial charge in [0, 0.05) is 24.8 Å². The summed E-state index contributed by atoms with van der Waals surface area (Å²) in [7, 11) is 0. The van der Waals surface area contributed by atoms with Crippen molar-refractivity contribution in [2.75, 3.05) is 23.3 Å². The average Bonchev–Trinajstić information content (AvgIpc) is 2.61. The third kappa shape index (κ3) is 4.12. The van der Waals surface area contributed by atoms with E-state index in [9.17, 15) is 4.79 Å². The standard InChI is InChI=1S/C20H26N4O2/c1-20(2,3)15-6-4-5-7-16(15)23-17-12-18(22-13-21-17)24-10-8-14(9-11-24)19(25)26/h4-7,12-14H,8-11H2,1-3H3,(H,25,26)(H,21,22,23). The summed E-state index contributed by atoms with van der Waals surface area (Å²) in [4.78, 5) is 22.0. The molecule has 0 unspecified atom stereocenters. The van der Waals surface area contributed by atoms with Crippen molar-refractivity contribution in [1.29, 1.82) is 0 Å². The molecule has 3 rings (SSSR count). The second kappa shape index (κ2) is 7.32. The van der Waals surface area contributed by atoms with Gasteiger partial charge in [-0.15, -0.1) is 0 Å². The second-order valence-electron chi connectivity index (χ2n) is 7.78. The van der Waals surface area contributed by atoms with Gasteiger partial charge in [-0.2, -0.15) is 0 Å². The zero-order valence-electron chi connectivity index (χ0n) is 15.6. The van der Waals surface area contributed by atoms with Gasteiger partial charge < -0.3 is 15.3 Å². The van der Waals surface area contributed by atoms with Gasteiger partial charge in [0.2, 0.25) is 0 Å². The van der Waals surface area contributed by atoms with Crippen LogP contribution in [-0.4, -0.2) is 34.1 Å². The van der Waals surface area contributed by atoms with Crippen molar-refractivity contribution in [1.82, 2.24) is 9.97 Å². The van der Waals surface area contributed by atoms with Crippen LogP contribution in [0.1, 0.15) is 39.2 Å². The number of benzene rings is 1. The van der Waals surface area contributed by atoms with Crippen molar-refractivity contribution >= 4 is 23.3 Å². The average molecular weight is 354 g/mol. The van der Waals surface area contributed by atoms with Gasteiger partial charge in [-0.05, 0) is 29.9 Å². The molecule has 26 heavy (non-hydrogen) atoms. The topological polar surface area (TPSA) is 78.4 Å². The predicted octanol–water partition coefficient (Wildman–Crippen LogP) is 3.82. The van der Waals surface area contributed by atoms with Crippen molar-refractivity contribution in [2.24, 2.45) is 5.92 Å². The van der Waals surface area contributed by atoms with Crippen molar-refractivity contribution in [3.05, 3.63) is 42.2 Å². The van der Waals surface area contributed by atoms with Crippen molar-refractivity contribution < 1.29 is 9.90 Å². The summed E-state index contributed by atoms with van der Waals surface area (Å²) in [5, 5.41) is 12.6. The van der Waals surface area contributed by atoms with E-state index in [1.165, 1.54) is 5.56 Å². The highest BCUT2D eigenvalue weighted by molar-refractivity contribution is 5.70. The third-order valence-electron chi connectivity index (χ3n) is 4.82. The van der Waals surface area contributed by atoms with Gasteiger partial charge in [0.05, 0.1) is 5.92 Å². The minimum atomic E-state index is -0.700. The molecule has 6 nitrogen and oxygen atoms in total. The first-order chi connectivity index (χ1) is 12.3. The largest absolute Gasteiger partial charge is 0.481 e. The van der Waals surface area contributed by atoms with Crippen molar-refractivity contribution in [3.8, 4) is 0 Å². The maximum atomic E-state index is 11.1. The molecule has 1 aromatic heterocycles. The fourth-order valence-electron chi connectivity index (χ4n) is 3.33. The van der Waals surface area contributed by atoms with Crippen LogP contribution in [0.25, 0.3) is 0 Å². The number of aliphatic carboxylic acids is 1. The molecule has 0 bridgehead atoms. The quantitative estimate of drug-likeness (QED) is 0.869. The molecule has 0 radical (unpaired) electrons. The van der Waals surface area contributed by atoms with Crippen molar-refractivity contribution in [2.45, 2.75) is 39.0 Å². The van der Waals surface area contributed by atoms with Gasteiger partial charge >= 0.3 is 5.97 Å². The first kappa shape index (κ1) is 18.2. The summed E-state index contributed by atoms with van der Waals surface area (Å²) >= 11 is 0. The lowest BCUT2D eigenvalue weighted by molar-refractivity contribution is -0.142. The van der Waals surface area contributed by atoms with Gasteiger partial charge in [0.25, 0.3) is 0 Å². The van der Waals surface area contributed by atoms with Crippen LogP contribution in [0.5, 0.6) is 0 Å². The molecule has 2 aromatic rings. The number of rotatable bonds is 4. The summed E-state index contributed by atoms with van der Waals surface area (Å²) in [5.41, 5.74) is 2.29. The number of nitrogens with zero attached hydrogens (tertiary/aromatic N) is 3. The van der Waals surface area contributed by atoms with Gasteiger partial charge in [-0.3, -0.25) is 4.79 Å². The lowest BCUT2D eigenvalue weighted by atomic mass is 9.86. The molecule has 2 N–H and O–H groups in total. The molecule has 1 aliphatic rings. The fourth-order valence-corrected chi connectivity index (χ4v) is 3.33. The molecular weight excluding hydrogens is 328 g/mol. The summed E-state index contributed by atoms with van der Waals surface area (Å²) < 4.78 is 0. The zero-order chi connectivity index (χ0) is 18.7. The van der Waals surface area contributed by atoms with Crippen LogP contribution in [0, 0.1) is 5.92 Å². The molecule has 0 spiro atoms. The lowest BCUT2D eigenvalue weighted by Crippen LogP contribution is -2.36. The Morgan fingerprint density at radius 3 is 2.54 bits per heavy atom. The number of carboxylic acid groups (broad SMARTS) is 1. The van der Waals surface area contributed by atoms with E-state index in [-0.39, 0.29) is 11.3 Å². The van der Waals surface area contributed by atoms with Crippen LogP contribution in [0.3, 0.4) is 0 Å². The Hall–Kier alpha value is -2.63. The molecule has 1 saturated heterocycles. The highest BCUT2D eigenvalue weighted by Gasteiger charge is 2.25. The van der Waals surface area contributed by atoms with E-state index in [4.69, 9.17) is 5.11 Å². The fraction of sp³-hybridized carbons (Fsp3) is 0.450. The Balaban J connectivity index is 1.76. The number of hydrogen-bond donors (Lipinski definition) is 2. The van der Waals surface area contributed by atoms with Crippen LogP contribution < -0.4 is 10.2 Å². The SMILES string of the molecule is CC(C)(C)c1ccccc1Nc1cc(N2CCC(C(=O)O)CC2)ncn1. The second-order valence-corrected chi connectivity index (χ2v) is 7.78. The minimum Gasteiger partial charge on any atom is -0.481 e. The number of hydrogen-bond acceptors (Lipinski definition) is 5. The zero-order valence-corrected chi connectivity index (χ0v) is 15.6. The van der Waals surface area contributed by atoms with E-state index in [2.05, 4.69) is 53.1 Å². The Kier molecular flexibility index (Phi) is 5.11. The molecule has 138 valence electrons. The number of carbonyl (C=O) groups is 1. The van der Waals surface area contributed by atoms with Crippen LogP contribution in [0.4, 0.5) is 17.3 Å². The lowest BCUT2D eigenvalue weighted by Gasteiger charge is -2.31. The highest BCUT2D eigenvalue weighted by Crippen LogP contribution is 2.31. The number of aromatic nitrogens is 2. The number of piperidine rings is 1. The van der Waals surface area contributed by atoms with E-state index >= 15 is 0 Å². The Labute approximate surface area is 154 Å². The molecule has 0 amide bonds. The Morgan fingerprint density at radius 2 is 1.88 bits per heavy atom. The van der Waals surface area contributed by atoms with Gasteiger partial charge in [0.15, 0.2) is 0 Å². The molecule has 1 fully saturated rings. The van der Waals surface area contributed by atoms with Gasteiger partial charge in [-0.1, -0.05) is 39.0 Å². The van der Waals surface area contributed by atoms with E-state index in [0.717, 1.165) is 17.3 Å². The molecule has 6 heteroatoms.